The predicted octanol–water partition coefficient (Wildman–Crippen LogP) is 0.621. The molecule has 2 rings (SSSR count). The monoisotopic (exact) mass is 183 g/mol. The van der Waals surface area contributed by atoms with Gasteiger partial charge in [-0.05, 0) is 19.3 Å². The van der Waals surface area contributed by atoms with E-state index in [0.717, 1.165) is 32.2 Å². The van der Waals surface area contributed by atoms with Crippen molar-refractivity contribution in [3.8, 4) is 0 Å². The van der Waals surface area contributed by atoms with Gasteiger partial charge in [0.15, 0.2) is 0 Å². The molecule has 0 saturated carbocycles. The molecule has 2 heterocycles. The Bertz CT molecular complexity index is 242. The number of amides is 4. The van der Waals surface area contributed by atoms with Crippen molar-refractivity contribution >= 4 is 12.1 Å². The van der Waals surface area contributed by atoms with E-state index < -0.39 is 0 Å². The molecule has 2 fully saturated rings. The van der Waals surface area contributed by atoms with E-state index in [0.29, 0.717) is 0 Å². The van der Waals surface area contributed by atoms with Crippen molar-refractivity contribution in [3.63, 3.8) is 0 Å². The average molecular weight is 183 g/mol. The molecule has 0 spiro atoms. The minimum Gasteiger partial charge on any atom is -0.317 e. The summed E-state index contributed by atoms with van der Waals surface area (Å²) >= 11 is 0. The third-order valence-corrected chi connectivity index (χ3v) is 2.53. The minimum absolute atomic E-state index is 0.0799. The molecule has 2 aliphatic heterocycles. The second-order valence-electron chi connectivity index (χ2n) is 3.46. The summed E-state index contributed by atoms with van der Waals surface area (Å²) in [5, 5.41) is 4.99. The van der Waals surface area contributed by atoms with E-state index in [4.69, 9.17) is 0 Å². The molecule has 0 aromatic rings. The van der Waals surface area contributed by atoms with E-state index in [2.05, 4.69) is 10.6 Å². The number of hydrogen-bond acceptors (Lipinski definition) is 2. The summed E-state index contributed by atoms with van der Waals surface area (Å²) in [6.45, 7) is 0.747. The number of hydrogen-bond donors (Lipinski definition) is 2. The Kier molecular flexibility index (Phi) is 2.08. The molecule has 2 aliphatic rings. The van der Waals surface area contributed by atoms with Crippen LogP contribution < -0.4 is 10.6 Å². The molecular weight excluding hydrogens is 170 g/mol. The van der Waals surface area contributed by atoms with Gasteiger partial charge in [0.2, 0.25) is 0 Å². The Labute approximate surface area is 76.5 Å². The van der Waals surface area contributed by atoms with Crippen LogP contribution in [-0.2, 0) is 0 Å². The second-order valence-corrected chi connectivity index (χ2v) is 3.46. The zero-order valence-electron chi connectivity index (χ0n) is 7.38. The van der Waals surface area contributed by atoms with Gasteiger partial charge in [-0.3, -0.25) is 5.32 Å². The molecule has 0 bridgehead atoms. The third kappa shape index (κ3) is 1.59. The number of fused-ring (bicyclic) bond motifs is 1. The van der Waals surface area contributed by atoms with Gasteiger partial charge in [-0.2, -0.15) is 0 Å². The van der Waals surface area contributed by atoms with Crippen LogP contribution in [0.25, 0.3) is 0 Å². The highest BCUT2D eigenvalue weighted by molar-refractivity contribution is 5.95. The average Bonchev–Trinajstić information content (AvgIpc) is 2.28. The normalized spacial score (nSPS) is 28.6. The molecule has 0 aromatic carbocycles. The lowest BCUT2D eigenvalue weighted by Gasteiger charge is -2.34. The van der Waals surface area contributed by atoms with Crippen LogP contribution in [0.1, 0.15) is 25.7 Å². The SMILES string of the molecule is O=C1NC(=O)N2CCCCCC2N1. The second kappa shape index (κ2) is 3.24. The molecule has 1 atom stereocenters. The molecule has 0 aliphatic carbocycles. The van der Waals surface area contributed by atoms with Gasteiger partial charge >= 0.3 is 12.1 Å². The van der Waals surface area contributed by atoms with E-state index in [1.54, 1.807) is 4.90 Å². The number of carbonyl (C=O) groups excluding carboxylic acids is 2. The molecule has 4 amide bonds. The van der Waals surface area contributed by atoms with Crippen LogP contribution >= 0.6 is 0 Å². The number of rotatable bonds is 0. The summed E-state index contributed by atoms with van der Waals surface area (Å²) in [5.74, 6) is 0. The molecule has 5 nitrogen and oxygen atoms in total. The molecule has 2 saturated heterocycles. The van der Waals surface area contributed by atoms with Crippen molar-refractivity contribution in [1.29, 1.82) is 0 Å². The molecule has 72 valence electrons. The maximum absolute atomic E-state index is 11.3. The third-order valence-electron chi connectivity index (χ3n) is 2.53. The zero-order valence-corrected chi connectivity index (χ0v) is 7.38. The molecule has 0 aromatic heterocycles. The van der Waals surface area contributed by atoms with Crippen molar-refractivity contribution in [1.82, 2.24) is 15.5 Å². The molecule has 13 heavy (non-hydrogen) atoms. The summed E-state index contributed by atoms with van der Waals surface area (Å²) in [6, 6.07) is -0.621. The first-order valence-electron chi connectivity index (χ1n) is 4.65. The number of carbonyl (C=O) groups is 2. The van der Waals surface area contributed by atoms with Crippen molar-refractivity contribution < 1.29 is 9.59 Å². The van der Waals surface area contributed by atoms with Crippen molar-refractivity contribution in [2.45, 2.75) is 31.8 Å². The van der Waals surface area contributed by atoms with Crippen molar-refractivity contribution in [3.05, 3.63) is 0 Å². The van der Waals surface area contributed by atoms with Crippen LogP contribution in [0.15, 0.2) is 0 Å². The smallest absolute Gasteiger partial charge is 0.317 e. The lowest BCUT2D eigenvalue weighted by Crippen LogP contribution is -2.63. The number of imide groups is 1. The quantitative estimate of drug-likeness (QED) is 0.578. The summed E-state index contributed by atoms with van der Waals surface area (Å²) in [5.41, 5.74) is 0. The van der Waals surface area contributed by atoms with Gasteiger partial charge in [-0.15, -0.1) is 0 Å². The van der Waals surface area contributed by atoms with E-state index in [-0.39, 0.29) is 18.2 Å². The van der Waals surface area contributed by atoms with E-state index in [1.165, 1.54) is 0 Å². The van der Waals surface area contributed by atoms with Gasteiger partial charge in [-0.1, -0.05) is 6.42 Å². The van der Waals surface area contributed by atoms with Crippen LogP contribution in [-0.4, -0.2) is 29.7 Å². The largest absolute Gasteiger partial charge is 0.327 e. The molecule has 5 heteroatoms. The molecular formula is C8H13N3O2. The lowest BCUT2D eigenvalue weighted by atomic mass is 10.2. The highest BCUT2D eigenvalue weighted by Gasteiger charge is 2.31. The van der Waals surface area contributed by atoms with Gasteiger partial charge in [0.25, 0.3) is 0 Å². The maximum Gasteiger partial charge on any atom is 0.327 e. The van der Waals surface area contributed by atoms with E-state index >= 15 is 0 Å². The van der Waals surface area contributed by atoms with Crippen molar-refractivity contribution in [2.24, 2.45) is 0 Å². The van der Waals surface area contributed by atoms with Crippen LogP contribution in [0, 0.1) is 0 Å². The Morgan fingerprint density at radius 2 is 2.08 bits per heavy atom. The molecule has 2 N–H and O–H groups in total. The van der Waals surface area contributed by atoms with Crippen LogP contribution in [0.3, 0.4) is 0 Å². The highest BCUT2D eigenvalue weighted by Crippen LogP contribution is 2.16. The van der Waals surface area contributed by atoms with Crippen LogP contribution in [0.2, 0.25) is 0 Å². The lowest BCUT2D eigenvalue weighted by molar-refractivity contribution is 0.146. The Balaban J connectivity index is 2.11. The van der Waals surface area contributed by atoms with Gasteiger partial charge in [0.05, 0.1) is 0 Å². The molecule has 0 radical (unpaired) electrons. The van der Waals surface area contributed by atoms with Gasteiger partial charge in [0, 0.05) is 6.54 Å². The topological polar surface area (TPSA) is 61.4 Å². The van der Waals surface area contributed by atoms with Gasteiger partial charge in [-0.25, -0.2) is 9.59 Å². The number of nitrogens with one attached hydrogen (secondary N) is 2. The summed E-state index contributed by atoms with van der Waals surface area (Å²) < 4.78 is 0. The molecule has 1 unspecified atom stereocenters. The number of urea groups is 2. The Morgan fingerprint density at radius 3 is 2.92 bits per heavy atom. The minimum atomic E-state index is -0.367. The zero-order chi connectivity index (χ0) is 9.26. The number of nitrogens with zero attached hydrogens (tertiary/aromatic N) is 1. The predicted molar refractivity (Wildman–Crippen MR) is 46.0 cm³/mol. The fourth-order valence-corrected chi connectivity index (χ4v) is 1.86. The Morgan fingerprint density at radius 1 is 1.23 bits per heavy atom. The van der Waals surface area contributed by atoms with E-state index in [9.17, 15) is 9.59 Å². The van der Waals surface area contributed by atoms with Crippen molar-refractivity contribution in [2.75, 3.05) is 6.54 Å². The van der Waals surface area contributed by atoms with Gasteiger partial charge < -0.3 is 10.2 Å². The first-order chi connectivity index (χ1) is 6.27. The first-order valence-corrected chi connectivity index (χ1v) is 4.65. The Hall–Kier alpha value is -1.26. The maximum atomic E-state index is 11.3. The van der Waals surface area contributed by atoms with Crippen LogP contribution in [0.4, 0.5) is 9.59 Å². The summed E-state index contributed by atoms with van der Waals surface area (Å²) in [6.07, 6.45) is 4.04. The first kappa shape index (κ1) is 8.34. The summed E-state index contributed by atoms with van der Waals surface area (Å²) in [4.78, 5) is 24.0. The standard InChI is InChI=1S/C8H13N3O2/c12-7-9-6-4-2-1-3-5-11(6)8(13)10-7/h6H,1-5H2,(H2,9,10,12,13). The fraction of sp³-hybridized carbons (Fsp3) is 0.750. The van der Waals surface area contributed by atoms with Gasteiger partial charge in [0.1, 0.15) is 6.17 Å². The highest BCUT2D eigenvalue weighted by atomic mass is 16.2. The van der Waals surface area contributed by atoms with Crippen LogP contribution in [0.5, 0.6) is 0 Å². The fourth-order valence-electron chi connectivity index (χ4n) is 1.86. The van der Waals surface area contributed by atoms with E-state index in [1.807, 2.05) is 0 Å². The summed E-state index contributed by atoms with van der Waals surface area (Å²) in [7, 11) is 0.